The summed E-state index contributed by atoms with van der Waals surface area (Å²) < 4.78 is 0. The minimum Gasteiger partial charge on any atom is -0.329 e. The van der Waals surface area contributed by atoms with E-state index in [0.717, 1.165) is 6.42 Å². The maximum Gasteiger partial charge on any atom is 0.254 e. The van der Waals surface area contributed by atoms with Crippen LogP contribution in [-0.2, 0) is 4.79 Å². The molecule has 1 heterocycles. The highest BCUT2D eigenvalue weighted by atomic mass is 35.5. The summed E-state index contributed by atoms with van der Waals surface area (Å²) in [5.41, 5.74) is 1.17. The maximum absolute atomic E-state index is 12.5. The van der Waals surface area contributed by atoms with Crippen LogP contribution in [-0.4, -0.2) is 34.8 Å². The lowest BCUT2D eigenvalue weighted by molar-refractivity contribution is -0.116. The van der Waals surface area contributed by atoms with Gasteiger partial charge in [0.05, 0.1) is 0 Å². The Morgan fingerprint density at radius 3 is 2.39 bits per heavy atom. The van der Waals surface area contributed by atoms with Gasteiger partial charge >= 0.3 is 0 Å². The summed E-state index contributed by atoms with van der Waals surface area (Å²) in [5.74, 6) is -0.427. The van der Waals surface area contributed by atoms with E-state index in [9.17, 15) is 9.59 Å². The third-order valence-electron chi connectivity index (χ3n) is 3.17. The van der Waals surface area contributed by atoms with Crippen molar-refractivity contribution >= 4 is 29.1 Å². The van der Waals surface area contributed by atoms with Crippen molar-refractivity contribution in [2.24, 2.45) is 0 Å². The molecule has 0 aliphatic heterocycles. The second-order valence-corrected chi connectivity index (χ2v) is 5.45. The molecule has 0 atom stereocenters. The van der Waals surface area contributed by atoms with Crippen LogP contribution >= 0.6 is 11.6 Å². The van der Waals surface area contributed by atoms with Gasteiger partial charge in [-0.25, -0.2) is 0 Å². The smallest absolute Gasteiger partial charge is 0.254 e. The topological polar surface area (TPSA) is 62.3 Å². The first kappa shape index (κ1) is 17.0. The van der Waals surface area contributed by atoms with Crippen LogP contribution in [0.3, 0.4) is 0 Å². The fourth-order valence-electron chi connectivity index (χ4n) is 2.11. The SMILES string of the molecule is CCCN(CC(=O)Nc1ccc(Cl)cc1)C(=O)c1ccncc1. The number of aromatic nitrogens is 1. The van der Waals surface area contributed by atoms with Gasteiger partial charge in [-0.1, -0.05) is 18.5 Å². The number of benzene rings is 1. The number of anilines is 1. The molecule has 0 aliphatic rings. The first-order valence-electron chi connectivity index (χ1n) is 7.35. The van der Waals surface area contributed by atoms with Crippen molar-refractivity contribution in [2.75, 3.05) is 18.4 Å². The summed E-state index contributed by atoms with van der Waals surface area (Å²) >= 11 is 5.81. The third-order valence-corrected chi connectivity index (χ3v) is 3.42. The van der Waals surface area contributed by atoms with Gasteiger partial charge in [0.1, 0.15) is 6.54 Å². The first-order valence-corrected chi connectivity index (χ1v) is 7.72. The van der Waals surface area contributed by atoms with Crippen molar-refractivity contribution in [3.63, 3.8) is 0 Å². The fourth-order valence-corrected chi connectivity index (χ4v) is 2.23. The lowest BCUT2D eigenvalue weighted by Gasteiger charge is -2.21. The second-order valence-electron chi connectivity index (χ2n) is 5.02. The highest BCUT2D eigenvalue weighted by Crippen LogP contribution is 2.13. The van der Waals surface area contributed by atoms with Crippen molar-refractivity contribution in [1.82, 2.24) is 9.88 Å². The molecule has 1 aromatic carbocycles. The molecule has 23 heavy (non-hydrogen) atoms. The quantitative estimate of drug-likeness (QED) is 0.884. The molecule has 0 radical (unpaired) electrons. The van der Waals surface area contributed by atoms with E-state index < -0.39 is 0 Å². The highest BCUT2D eigenvalue weighted by molar-refractivity contribution is 6.30. The average molecular weight is 332 g/mol. The molecule has 0 unspecified atom stereocenters. The van der Waals surface area contributed by atoms with E-state index in [4.69, 9.17) is 11.6 Å². The van der Waals surface area contributed by atoms with Crippen molar-refractivity contribution in [3.05, 3.63) is 59.4 Å². The normalized spacial score (nSPS) is 10.2. The number of halogens is 1. The van der Waals surface area contributed by atoms with Gasteiger partial charge < -0.3 is 10.2 Å². The molecule has 1 N–H and O–H groups in total. The summed E-state index contributed by atoms with van der Waals surface area (Å²) in [7, 11) is 0. The number of hydrogen-bond donors (Lipinski definition) is 1. The molecular weight excluding hydrogens is 314 g/mol. The van der Waals surface area contributed by atoms with Gasteiger partial charge in [-0.3, -0.25) is 14.6 Å². The number of pyridine rings is 1. The van der Waals surface area contributed by atoms with Crippen molar-refractivity contribution < 1.29 is 9.59 Å². The molecule has 120 valence electrons. The van der Waals surface area contributed by atoms with E-state index in [2.05, 4.69) is 10.3 Å². The Kier molecular flexibility index (Phi) is 6.11. The number of carbonyl (C=O) groups is 2. The van der Waals surface area contributed by atoms with Gasteiger partial charge in [-0.2, -0.15) is 0 Å². The van der Waals surface area contributed by atoms with Crippen LogP contribution in [0.15, 0.2) is 48.8 Å². The molecule has 1 aromatic heterocycles. The monoisotopic (exact) mass is 331 g/mol. The summed E-state index contributed by atoms with van der Waals surface area (Å²) in [6, 6.07) is 10.1. The van der Waals surface area contributed by atoms with Gasteiger partial charge in [-0.15, -0.1) is 0 Å². The zero-order valence-corrected chi connectivity index (χ0v) is 13.6. The summed E-state index contributed by atoms with van der Waals surface area (Å²) in [5, 5.41) is 3.36. The lowest BCUT2D eigenvalue weighted by atomic mass is 10.2. The van der Waals surface area contributed by atoms with Crippen LogP contribution in [0.1, 0.15) is 23.7 Å². The average Bonchev–Trinajstić information content (AvgIpc) is 2.57. The molecule has 0 saturated carbocycles. The summed E-state index contributed by atoms with van der Waals surface area (Å²) in [6.45, 7) is 2.47. The molecule has 0 bridgehead atoms. The highest BCUT2D eigenvalue weighted by Gasteiger charge is 2.18. The zero-order chi connectivity index (χ0) is 16.7. The molecular formula is C17H18ClN3O2. The van der Waals surface area contributed by atoms with E-state index in [1.54, 1.807) is 48.8 Å². The Labute approximate surface area is 140 Å². The largest absolute Gasteiger partial charge is 0.329 e. The Morgan fingerprint density at radius 2 is 1.78 bits per heavy atom. The van der Waals surface area contributed by atoms with Crippen LogP contribution in [0.5, 0.6) is 0 Å². The summed E-state index contributed by atoms with van der Waals surface area (Å²) in [6.07, 6.45) is 3.89. The molecule has 6 heteroatoms. The van der Waals surface area contributed by atoms with E-state index in [0.29, 0.717) is 22.8 Å². The number of nitrogens with one attached hydrogen (secondary N) is 1. The predicted octanol–water partition coefficient (Wildman–Crippen LogP) is 3.23. The van der Waals surface area contributed by atoms with Crippen LogP contribution in [0, 0.1) is 0 Å². The van der Waals surface area contributed by atoms with Crippen LogP contribution in [0.2, 0.25) is 5.02 Å². The summed E-state index contributed by atoms with van der Waals surface area (Å²) in [4.78, 5) is 30.1. The number of hydrogen-bond acceptors (Lipinski definition) is 3. The van der Waals surface area contributed by atoms with E-state index >= 15 is 0 Å². The van der Waals surface area contributed by atoms with Crippen molar-refractivity contribution in [3.8, 4) is 0 Å². The molecule has 0 fully saturated rings. The Hall–Kier alpha value is -2.40. The molecule has 0 aliphatic carbocycles. The number of rotatable bonds is 6. The molecule has 0 spiro atoms. The van der Waals surface area contributed by atoms with Crippen molar-refractivity contribution in [2.45, 2.75) is 13.3 Å². The maximum atomic E-state index is 12.5. The van der Waals surface area contributed by atoms with Gasteiger partial charge in [0.15, 0.2) is 0 Å². The van der Waals surface area contributed by atoms with E-state index in [1.165, 1.54) is 4.90 Å². The van der Waals surface area contributed by atoms with Crippen LogP contribution in [0.4, 0.5) is 5.69 Å². The van der Waals surface area contributed by atoms with Gasteiger partial charge in [0.2, 0.25) is 5.91 Å². The van der Waals surface area contributed by atoms with Gasteiger partial charge in [0, 0.05) is 35.2 Å². The number of nitrogens with zero attached hydrogens (tertiary/aromatic N) is 2. The molecule has 2 aromatic rings. The Balaban J connectivity index is 2.02. The molecule has 5 nitrogen and oxygen atoms in total. The minimum atomic E-state index is -0.247. The molecule has 2 amide bonds. The molecule has 0 saturated heterocycles. The molecule has 2 rings (SSSR count). The number of carbonyl (C=O) groups excluding carboxylic acids is 2. The third kappa shape index (κ3) is 5.07. The van der Waals surface area contributed by atoms with E-state index in [1.807, 2.05) is 6.92 Å². The predicted molar refractivity (Wildman–Crippen MR) is 90.5 cm³/mol. The lowest BCUT2D eigenvalue weighted by Crippen LogP contribution is -2.38. The fraction of sp³-hybridized carbons (Fsp3) is 0.235. The Morgan fingerprint density at radius 1 is 1.13 bits per heavy atom. The minimum absolute atomic E-state index is 0.00236. The van der Waals surface area contributed by atoms with Crippen molar-refractivity contribution in [1.29, 1.82) is 0 Å². The Bertz CT molecular complexity index is 659. The van der Waals surface area contributed by atoms with Crippen LogP contribution in [0.25, 0.3) is 0 Å². The standard InChI is InChI=1S/C17H18ClN3O2/c1-2-11-21(17(23)13-7-9-19-10-8-13)12-16(22)20-15-5-3-14(18)4-6-15/h3-10H,2,11-12H2,1H3,(H,20,22). The number of amides is 2. The van der Waals surface area contributed by atoms with Gasteiger partial charge in [-0.05, 0) is 42.8 Å². The van der Waals surface area contributed by atoms with E-state index in [-0.39, 0.29) is 18.4 Å². The first-order chi connectivity index (χ1) is 11.1. The second kappa shape index (κ2) is 8.29. The van der Waals surface area contributed by atoms with Crippen LogP contribution < -0.4 is 5.32 Å². The van der Waals surface area contributed by atoms with Gasteiger partial charge in [0.25, 0.3) is 5.91 Å². The zero-order valence-electron chi connectivity index (χ0n) is 12.8.